The van der Waals surface area contributed by atoms with Gasteiger partial charge in [0.25, 0.3) is 0 Å². The van der Waals surface area contributed by atoms with Gasteiger partial charge in [0.05, 0.1) is 22.0 Å². The van der Waals surface area contributed by atoms with Gasteiger partial charge in [0.2, 0.25) is 10.0 Å². The van der Waals surface area contributed by atoms with Gasteiger partial charge in [-0.1, -0.05) is 36.4 Å². The number of ether oxygens (including phenoxy) is 1. The molecule has 0 fully saturated rings. The Kier molecular flexibility index (Phi) is 10.2. The van der Waals surface area contributed by atoms with Crippen molar-refractivity contribution in [3.05, 3.63) is 84.6 Å². The molecule has 1 unspecified atom stereocenters. The molecule has 3 aromatic carbocycles. The number of amides is 1. The standard InChI is InChI=1S/C32H38N4O5S2/c1-21(2)41-31(38)35-24-13-11-23(12-14-24)30-34-20-28(42-30)27-16-15-25(18-29(27)43(39,40)36-32(3,4)5)33-19-26(37)17-22-9-7-6-8-10-22/h6-16,18,20-21,26,33,36-37H,17,19H2,1-5H3,(H,35,38). The van der Waals surface area contributed by atoms with Crippen LogP contribution < -0.4 is 15.4 Å². The number of carbonyl (C=O) groups is 1. The number of benzene rings is 3. The number of nitrogens with one attached hydrogen (secondary N) is 3. The second-order valence-corrected chi connectivity index (χ2v) is 14.2. The molecule has 11 heteroatoms. The third-order valence-corrected chi connectivity index (χ3v) is 8.94. The quantitative estimate of drug-likeness (QED) is 0.150. The Balaban J connectivity index is 1.57. The van der Waals surface area contributed by atoms with Crippen LogP contribution in [0.3, 0.4) is 0 Å². The monoisotopic (exact) mass is 622 g/mol. The normalized spacial score (nSPS) is 12.6. The molecule has 228 valence electrons. The molecule has 0 spiro atoms. The van der Waals surface area contributed by atoms with E-state index < -0.39 is 27.8 Å². The minimum atomic E-state index is -3.91. The summed E-state index contributed by atoms with van der Waals surface area (Å²) in [5.41, 5.74) is 2.83. The zero-order chi connectivity index (χ0) is 31.2. The smallest absolute Gasteiger partial charge is 0.411 e. The highest BCUT2D eigenvalue weighted by Gasteiger charge is 2.26. The summed E-state index contributed by atoms with van der Waals surface area (Å²) >= 11 is 1.37. The predicted molar refractivity (Wildman–Crippen MR) is 173 cm³/mol. The van der Waals surface area contributed by atoms with Gasteiger partial charge in [-0.3, -0.25) is 5.32 Å². The van der Waals surface area contributed by atoms with Crippen LogP contribution in [0.15, 0.2) is 83.9 Å². The minimum Gasteiger partial charge on any atom is -0.447 e. The summed E-state index contributed by atoms with van der Waals surface area (Å²) in [7, 11) is -3.91. The number of nitrogens with zero attached hydrogens (tertiary/aromatic N) is 1. The lowest BCUT2D eigenvalue weighted by Crippen LogP contribution is -2.40. The molecule has 43 heavy (non-hydrogen) atoms. The zero-order valence-corrected chi connectivity index (χ0v) is 26.6. The fourth-order valence-corrected chi connectivity index (χ4v) is 6.99. The van der Waals surface area contributed by atoms with Gasteiger partial charge in [-0.15, -0.1) is 11.3 Å². The van der Waals surface area contributed by atoms with Crippen LogP contribution in [0.5, 0.6) is 0 Å². The van der Waals surface area contributed by atoms with Crippen LogP contribution in [0.2, 0.25) is 0 Å². The lowest BCUT2D eigenvalue weighted by atomic mass is 10.1. The number of hydrogen-bond acceptors (Lipinski definition) is 8. The van der Waals surface area contributed by atoms with E-state index in [9.17, 15) is 18.3 Å². The SMILES string of the molecule is CC(C)OC(=O)Nc1ccc(-c2ncc(-c3ccc(NCC(O)Cc4ccccc4)cc3S(=O)(=O)NC(C)(C)C)s2)cc1. The van der Waals surface area contributed by atoms with Crippen LogP contribution in [-0.4, -0.2) is 48.9 Å². The maximum atomic E-state index is 13.6. The van der Waals surface area contributed by atoms with Gasteiger partial charge < -0.3 is 15.2 Å². The molecule has 0 bridgehead atoms. The van der Waals surface area contributed by atoms with E-state index in [1.807, 2.05) is 42.5 Å². The first-order valence-corrected chi connectivity index (χ1v) is 16.3. The average molecular weight is 623 g/mol. The summed E-state index contributed by atoms with van der Waals surface area (Å²) in [5.74, 6) is 0. The molecule has 9 nitrogen and oxygen atoms in total. The van der Waals surface area contributed by atoms with Crippen molar-refractivity contribution in [2.45, 2.75) is 63.7 Å². The number of aromatic nitrogens is 1. The van der Waals surface area contributed by atoms with Crippen molar-refractivity contribution in [3.63, 3.8) is 0 Å². The van der Waals surface area contributed by atoms with E-state index in [4.69, 9.17) is 4.74 Å². The van der Waals surface area contributed by atoms with Crippen LogP contribution >= 0.6 is 11.3 Å². The van der Waals surface area contributed by atoms with E-state index in [-0.39, 0.29) is 17.5 Å². The Bertz CT molecular complexity index is 1630. The average Bonchev–Trinajstić information content (AvgIpc) is 3.41. The summed E-state index contributed by atoms with van der Waals surface area (Å²) in [6, 6.07) is 22.0. The van der Waals surface area contributed by atoms with Crippen molar-refractivity contribution >= 4 is 38.8 Å². The number of thiazole rings is 1. The highest BCUT2D eigenvalue weighted by Crippen LogP contribution is 2.37. The van der Waals surface area contributed by atoms with Crippen molar-refractivity contribution < 1.29 is 23.1 Å². The number of aliphatic hydroxyl groups is 1. The molecule has 1 aromatic heterocycles. The Labute approximate surface area is 257 Å². The molecule has 0 radical (unpaired) electrons. The summed E-state index contributed by atoms with van der Waals surface area (Å²) in [4.78, 5) is 17.2. The third kappa shape index (κ3) is 9.36. The van der Waals surface area contributed by atoms with E-state index in [1.165, 1.54) is 11.3 Å². The minimum absolute atomic E-state index is 0.114. The largest absolute Gasteiger partial charge is 0.447 e. The van der Waals surface area contributed by atoms with Crippen molar-refractivity contribution in [3.8, 4) is 21.0 Å². The number of aliphatic hydroxyl groups excluding tert-OH is 1. The van der Waals surface area contributed by atoms with Crippen LogP contribution in [0, 0.1) is 0 Å². The van der Waals surface area contributed by atoms with Crippen molar-refractivity contribution in [1.82, 2.24) is 9.71 Å². The van der Waals surface area contributed by atoms with Gasteiger partial charge in [0.15, 0.2) is 0 Å². The first-order chi connectivity index (χ1) is 20.3. The van der Waals surface area contributed by atoms with Crippen molar-refractivity contribution in [1.29, 1.82) is 0 Å². The highest BCUT2D eigenvalue weighted by atomic mass is 32.2. The number of anilines is 2. The van der Waals surface area contributed by atoms with Crippen LogP contribution in [0.25, 0.3) is 21.0 Å². The van der Waals surface area contributed by atoms with Gasteiger partial charge in [-0.2, -0.15) is 0 Å². The topological polar surface area (TPSA) is 130 Å². The van der Waals surface area contributed by atoms with Gasteiger partial charge in [0.1, 0.15) is 5.01 Å². The molecule has 1 amide bonds. The number of hydrogen-bond donors (Lipinski definition) is 4. The lowest BCUT2D eigenvalue weighted by Gasteiger charge is -2.22. The van der Waals surface area contributed by atoms with E-state index in [0.717, 1.165) is 11.1 Å². The highest BCUT2D eigenvalue weighted by molar-refractivity contribution is 7.89. The molecule has 0 saturated heterocycles. The maximum Gasteiger partial charge on any atom is 0.411 e. The van der Waals surface area contributed by atoms with Crippen molar-refractivity contribution in [2.75, 3.05) is 17.2 Å². The van der Waals surface area contributed by atoms with E-state index >= 15 is 0 Å². The second kappa shape index (κ2) is 13.7. The van der Waals surface area contributed by atoms with E-state index in [0.29, 0.717) is 33.2 Å². The summed E-state index contributed by atoms with van der Waals surface area (Å²) in [6.45, 7) is 9.18. The Morgan fingerprint density at radius 2 is 1.67 bits per heavy atom. The molecule has 4 aromatic rings. The van der Waals surface area contributed by atoms with Gasteiger partial charge in [-0.25, -0.2) is 22.9 Å². The number of rotatable bonds is 11. The molecule has 0 saturated carbocycles. The van der Waals surface area contributed by atoms with E-state index in [2.05, 4.69) is 20.3 Å². The molecule has 1 heterocycles. The molecule has 0 aliphatic carbocycles. The number of sulfonamides is 1. The first kappa shape index (κ1) is 32.2. The zero-order valence-electron chi connectivity index (χ0n) is 24.9. The molecule has 4 rings (SSSR count). The van der Waals surface area contributed by atoms with Crippen LogP contribution in [0.1, 0.15) is 40.2 Å². The third-order valence-electron chi connectivity index (χ3n) is 6.06. The summed E-state index contributed by atoms with van der Waals surface area (Å²) in [6.07, 6.45) is 0.734. The fraction of sp³-hybridized carbons (Fsp3) is 0.312. The Morgan fingerprint density at radius 1 is 1.00 bits per heavy atom. The van der Waals surface area contributed by atoms with Gasteiger partial charge in [0, 0.05) is 47.2 Å². The second-order valence-electron chi connectivity index (χ2n) is 11.5. The Morgan fingerprint density at radius 3 is 2.33 bits per heavy atom. The first-order valence-electron chi connectivity index (χ1n) is 14.0. The molecular formula is C32H38N4O5S2. The molecule has 0 aliphatic heterocycles. The molecule has 1 atom stereocenters. The van der Waals surface area contributed by atoms with Gasteiger partial charge in [-0.05, 0) is 76.6 Å². The lowest BCUT2D eigenvalue weighted by molar-refractivity contribution is 0.130. The predicted octanol–water partition coefficient (Wildman–Crippen LogP) is 6.53. The van der Waals surface area contributed by atoms with Crippen LogP contribution in [-0.2, 0) is 21.2 Å². The van der Waals surface area contributed by atoms with E-state index in [1.54, 1.807) is 71.1 Å². The molecule has 0 aliphatic rings. The number of carbonyl (C=O) groups excluding carboxylic acids is 1. The summed E-state index contributed by atoms with van der Waals surface area (Å²) < 4.78 is 35.1. The van der Waals surface area contributed by atoms with Crippen LogP contribution in [0.4, 0.5) is 16.2 Å². The molecule has 4 N–H and O–H groups in total. The van der Waals surface area contributed by atoms with Gasteiger partial charge >= 0.3 is 6.09 Å². The van der Waals surface area contributed by atoms with Crippen molar-refractivity contribution in [2.24, 2.45) is 0 Å². The Hall–Kier alpha value is -3.77. The fourth-order valence-electron chi connectivity index (χ4n) is 4.30. The molecular weight excluding hydrogens is 585 g/mol. The summed E-state index contributed by atoms with van der Waals surface area (Å²) in [5, 5.41) is 17.1. The maximum absolute atomic E-state index is 13.6.